The highest BCUT2D eigenvalue weighted by Gasteiger charge is 2.33. The maximum absolute atomic E-state index is 13.6. The molecule has 24 heteroatoms. The summed E-state index contributed by atoms with van der Waals surface area (Å²) < 4.78 is 51.2. The minimum atomic E-state index is -0.284. The zero-order valence-corrected chi connectivity index (χ0v) is 63.3. The fourth-order valence-electron chi connectivity index (χ4n) is 14.2. The first-order valence-electron chi connectivity index (χ1n) is 36.1. The molecule has 5 aliphatic rings. The Morgan fingerprint density at radius 1 is 0.411 bits per heavy atom. The number of nitrogens with zero attached hydrogens (tertiary/aromatic N) is 8. The van der Waals surface area contributed by atoms with Crippen LogP contribution in [0.4, 0.5) is 13.2 Å². The summed E-state index contributed by atoms with van der Waals surface area (Å²) in [4.78, 5) is 40.4. The van der Waals surface area contributed by atoms with Crippen molar-refractivity contribution in [2.45, 2.75) is 109 Å². The lowest BCUT2D eigenvalue weighted by atomic mass is 10.0. The van der Waals surface area contributed by atoms with Crippen molar-refractivity contribution in [1.82, 2.24) is 55.5 Å². The van der Waals surface area contributed by atoms with Gasteiger partial charge < -0.3 is 10.1 Å². The Hall–Kier alpha value is -8.79. The number of fused-ring (bicyclic) bond motifs is 3. The average molecular weight is 1560 g/mol. The van der Waals surface area contributed by atoms with Crippen molar-refractivity contribution >= 4 is 122 Å². The number of benzene rings is 7. The summed E-state index contributed by atoms with van der Waals surface area (Å²) >= 11 is 38.3. The van der Waals surface area contributed by atoms with Crippen LogP contribution < -0.4 is 16.2 Å². The Labute approximate surface area is 649 Å². The first-order chi connectivity index (χ1) is 51.9. The minimum Gasteiger partial charge on any atom is -0.379 e. The lowest BCUT2D eigenvalue weighted by Gasteiger charge is -2.26. The number of hydrogen-bond acceptors (Lipinski definition) is 9. The highest BCUT2D eigenvalue weighted by Crippen LogP contribution is 2.41. The van der Waals surface area contributed by atoms with Crippen LogP contribution in [-0.4, -0.2) is 96.5 Å². The van der Waals surface area contributed by atoms with Crippen molar-refractivity contribution in [3.8, 4) is 17.1 Å². The molecule has 3 aliphatic carbocycles. The number of allylic oxidation sites excluding steroid dienone is 3. The van der Waals surface area contributed by atoms with E-state index in [1.807, 2.05) is 77.6 Å². The van der Waals surface area contributed by atoms with Gasteiger partial charge in [-0.3, -0.25) is 25.2 Å². The molecular weight excluding hydrogens is 1480 g/mol. The molecule has 7 aromatic carbocycles. The zero-order valence-electron chi connectivity index (χ0n) is 58.8. The molecule has 10 aromatic rings. The summed E-state index contributed by atoms with van der Waals surface area (Å²) in [6, 6.07) is 44.6. The van der Waals surface area contributed by atoms with Gasteiger partial charge in [0.1, 0.15) is 17.5 Å². The maximum atomic E-state index is 13.6. The number of nitrogens with one attached hydrogen (secondary N) is 3. The first-order valence-corrected chi connectivity index (χ1v) is 38.3. The third kappa shape index (κ3) is 18.7. The van der Waals surface area contributed by atoms with Crippen LogP contribution in [0.3, 0.4) is 0 Å². The molecule has 0 unspecified atom stereocenters. The van der Waals surface area contributed by atoms with Gasteiger partial charge in [0.15, 0.2) is 17.1 Å². The first kappa shape index (κ1) is 76.4. The molecule has 0 saturated carbocycles. The van der Waals surface area contributed by atoms with Crippen molar-refractivity contribution < 1.29 is 32.3 Å². The van der Waals surface area contributed by atoms with Crippen LogP contribution in [0.15, 0.2) is 158 Å². The SMILES string of the molecule is C[C@H](NC(=O)c1nn(-c2ccc(Cl)cc2Cl)c2c1CCCC/C2=C\c1ccc(F)cc1)c1ccccc1.O=C(NN1CCCCC1)c1nn(-c2ccc(Cl)cc2Cl)c2c1CCCC/C2=C\c1ccc(F)cc1.O=C(NN1CCOCC1)c1nn(-c2ccc(Cl)cc2Cl)c2c1CCCC/C2=C\c1ccc(F)cc1. The molecule has 2 saturated heterocycles. The highest BCUT2D eigenvalue weighted by atomic mass is 35.5. The number of piperidine rings is 1. The fraction of sp³-hybridized carbons (Fsp3) is 0.277. The Morgan fingerprint density at radius 2 is 0.748 bits per heavy atom. The number of hydrogen-bond donors (Lipinski definition) is 3. The van der Waals surface area contributed by atoms with Crippen LogP contribution in [0.2, 0.25) is 30.1 Å². The summed E-state index contributed by atoms with van der Waals surface area (Å²) in [6.07, 6.45) is 19.7. The molecule has 2 aliphatic heterocycles. The Bertz CT molecular complexity index is 4780. The third-order valence-corrected chi connectivity index (χ3v) is 21.1. The van der Waals surface area contributed by atoms with Crippen molar-refractivity contribution in [2.24, 2.45) is 0 Å². The average Bonchev–Trinajstić information content (AvgIpc) is 1.63. The van der Waals surface area contributed by atoms with Crippen molar-refractivity contribution in [1.29, 1.82) is 0 Å². The predicted molar refractivity (Wildman–Crippen MR) is 421 cm³/mol. The molecule has 15 rings (SSSR count). The number of amides is 3. The Kier molecular flexibility index (Phi) is 25.3. The van der Waals surface area contributed by atoms with Gasteiger partial charge in [0.25, 0.3) is 17.7 Å². The lowest BCUT2D eigenvalue weighted by molar-refractivity contribution is 0.0124. The predicted octanol–water partition coefficient (Wildman–Crippen LogP) is 20.4. The monoisotopic (exact) mass is 1560 g/mol. The van der Waals surface area contributed by atoms with E-state index in [9.17, 15) is 27.6 Å². The molecule has 3 amide bonds. The number of carbonyl (C=O) groups excluding carboxylic acids is 3. The minimum absolute atomic E-state index is 0.186. The Morgan fingerprint density at radius 3 is 1.10 bits per heavy atom. The van der Waals surface area contributed by atoms with E-state index in [0.717, 1.165) is 163 Å². The van der Waals surface area contributed by atoms with E-state index in [1.165, 1.54) is 42.8 Å². The van der Waals surface area contributed by atoms with E-state index >= 15 is 0 Å². The fourth-order valence-corrected chi connectivity index (χ4v) is 15.6. The van der Waals surface area contributed by atoms with E-state index in [2.05, 4.69) is 22.2 Å². The van der Waals surface area contributed by atoms with Gasteiger partial charge >= 0.3 is 0 Å². The topological polar surface area (TPSA) is 156 Å². The molecule has 5 heterocycles. The number of halogens is 9. The summed E-state index contributed by atoms with van der Waals surface area (Å²) in [5.41, 5.74) is 21.2. The van der Waals surface area contributed by atoms with E-state index in [1.54, 1.807) is 86.8 Å². The summed E-state index contributed by atoms with van der Waals surface area (Å²) in [7, 11) is 0. The normalized spacial score (nSPS) is 16.9. The van der Waals surface area contributed by atoms with Gasteiger partial charge in [-0.2, -0.15) is 15.3 Å². The quantitative estimate of drug-likeness (QED) is 0.0956. The number of ether oxygens (including phenoxy) is 1. The maximum Gasteiger partial charge on any atom is 0.286 e. The lowest BCUT2D eigenvalue weighted by Crippen LogP contribution is -2.48. The summed E-state index contributed by atoms with van der Waals surface area (Å²) in [5.74, 6) is -1.53. The van der Waals surface area contributed by atoms with Gasteiger partial charge in [0, 0.05) is 57.9 Å². The molecule has 107 heavy (non-hydrogen) atoms. The van der Waals surface area contributed by atoms with E-state index < -0.39 is 0 Å². The molecule has 3 N–H and O–H groups in total. The molecule has 0 radical (unpaired) electrons. The highest BCUT2D eigenvalue weighted by molar-refractivity contribution is 6.37. The molecule has 0 bridgehead atoms. The van der Waals surface area contributed by atoms with E-state index in [4.69, 9.17) is 89.6 Å². The van der Waals surface area contributed by atoms with Gasteiger partial charge in [-0.1, -0.05) is 143 Å². The van der Waals surface area contributed by atoms with E-state index in [-0.39, 0.29) is 41.2 Å². The molecule has 2 fully saturated rings. The number of hydrazine groups is 2. The van der Waals surface area contributed by atoms with Crippen LogP contribution >= 0.6 is 69.6 Å². The number of morpholine rings is 1. The van der Waals surface area contributed by atoms with E-state index in [0.29, 0.717) is 103 Å². The second-order valence-electron chi connectivity index (χ2n) is 27.0. The number of aromatic nitrogens is 6. The standard InChI is InChI=1S/C30H26Cl2FN3O.C27H27Cl2FN4O.C26H25Cl2FN4O2/c1-19(21-7-3-2-4-8-21)34-30(37)28-25-10-6-5-9-22(17-20-11-14-24(33)15-12-20)29(25)36(35-28)27-16-13-23(31)18-26(27)32;28-20-10-13-24(23(29)17-20)34-26-19(16-18-8-11-21(30)12-9-18)6-2-3-7-22(26)25(31-34)27(35)32-33-14-4-1-5-15-33;27-19-7-10-23(22(28)16-19)33-25-18(15-17-5-8-20(29)9-6-17)3-1-2-4-21(25)24(30-33)26(34)31-32-11-13-35-14-12-32/h2-4,7-8,11-19H,5-6,9-10H2,1H3,(H,34,37);8-13,16-17H,1-7,14-15H2,(H,32,35);5-10,15-16H,1-4,11-14H2,(H,31,34)/b22-17+;19-16+;18-15+/t19-;;/m0../s1. The number of rotatable bonds is 13. The van der Waals surface area contributed by atoms with Crippen molar-refractivity contribution in [3.63, 3.8) is 0 Å². The molecule has 15 nitrogen and oxygen atoms in total. The van der Waals surface area contributed by atoms with Crippen LogP contribution in [0.1, 0.15) is 178 Å². The molecule has 0 spiro atoms. The largest absolute Gasteiger partial charge is 0.379 e. The van der Waals surface area contributed by atoms with Gasteiger partial charge in [0.05, 0.1) is 68.5 Å². The second-order valence-corrected chi connectivity index (χ2v) is 29.5. The molecular formula is C83H78Cl6F3N11O4. The van der Waals surface area contributed by atoms with Gasteiger partial charge in [-0.05, 0) is 245 Å². The molecule has 3 aromatic heterocycles. The third-order valence-electron chi connectivity index (χ3n) is 19.5. The van der Waals surface area contributed by atoms with Crippen molar-refractivity contribution in [2.75, 3.05) is 39.4 Å². The molecule has 552 valence electrons. The molecule has 1 atom stereocenters. The smallest absolute Gasteiger partial charge is 0.286 e. The van der Waals surface area contributed by atoms with Gasteiger partial charge in [-0.25, -0.2) is 37.2 Å². The van der Waals surface area contributed by atoms with Crippen LogP contribution in [0.25, 0.3) is 52.0 Å². The summed E-state index contributed by atoms with van der Waals surface area (Å²) in [6.45, 7) is 6.01. The van der Waals surface area contributed by atoms with Gasteiger partial charge in [-0.15, -0.1) is 0 Å². The van der Waals surface area contributed by atoms with Crippen molar-refractivity contribution in [3.05, 3.63) is 278 Å². The van der Waals surface area contributed by atoms with Crippen LogP contribution in [0, 0.1) is 17.5 Å². The zero-order chi connectivity index (χ0) is 74.7. The van der Waals surface area contributed by atoms with Crippen LogP contribution in [0.5, 0.6) is 0 Å². The summed E-state index contributed by atoms with van der Waals surface area (Å²) in [5, 5.41) is 24.3. The van der Waals surface area contributed by atoms with Gasteiger partial charge in [0.2, 0.25) is 0 Å². The second kappa shape index (κ2) is 35.5. The van der Waals surface area contributed by atoms with Crippen LogP contribution in [-0.2, 0) is 24.0 Å². The Balaban J connectivity index is 0.000000142. The number of carbonyl (C=O) groups is 3.